The van der Waals surface area contributed by atoms with E-state index in [1.807, 2.05) is 29.8 Å². The standard InChI is InChI=1S/C17H17ClN4O2/c1-21-11-19-9-13(21)10-22(7-8-23)17(24)15-6-5-12-3-2-4-14(18)16(12)20-15/h2-6,9,11,23H,7-8,10H2,1H3. The van der Waals surface area contributed by atoms with Crippen molar-refractivity contribution in [3.05, 3.63) is 59.3 Å². The molecule has 0 radical (unpaired) electrons. The SMILES string of the molecule is Cn1cncc1CN(CCO)C(=O)c1ccc2cccc(Cl)c2n1. The fraction of sp³-hybridized carbons (Fsp3) is 0.235. The van der Waals surface area contributed by atoms with E-state index < -0.39 is 0 Å². The molecule has 0 spiro atoms. The Labute approximate surface area is 144 Å². The van der Waals surface area contributed by atoms with Crippen molar-refractivity contribution in [2.45, 2.75) is 6.54 Å². The fourth-order valence-electron chi connectivity index (χ4n) is 2.50. The number of halogens is 1. The number of aliphatic hydroxyl groups is 1. The lowest BCUT2D eigenvalue weighted by Crippen LogP contribution is -2.34. The molecule has 24 heavy (non-hydrogen) atoms. The number of nitrogens with zero attached hydrogens (tertiary/aromatic N) is 4. The molecule has 2 heterocycles. The second-order valence-electron chi connectivity index (χ2n) is 5.45. The first-order valence-corrected chi connectivity index (χ1v) is 7.88. The first-order valence-electron chi connectivity index (χ1n) is 7.50. The first-order chi connectivity index (χ1) is 11.6. The third-order valence-electron chi connectivity index (χ3n) is 3.82. The van der Waals surface area contributed by atoms with Gasteiger partial charge in [0.2, 0.25) is 0 Å². The summed E-state index contributed by atoms with van der Waals surface area (Å²) in [6.45, 7) is 0.433. The molecule has 1 amide bonds. The van der Waals surface area contributed by atoms with Crippen LogP contribution in [0.3, 0.4) is 0 Å². The van der Waals surface area contributed by atoms with Crippen LogP contribution in [0.2, 0.25) is 5.02 Å². The zero-order valence-electron chi connectivity index (χ0n) is 13.2. The van der Waals surface area contributed by atoms with E-state index in [2.05, 4.69) is 9.97 Å². The number of fused-ring (bicyclic) bond motifs is 1. The average Bonchev–Trinajstić information content (AvgIpc) is 2.99. The van der Waals surface area contributed by atoms with Gasteiger partial charge in [-0.3, -0.25) is 4.79 Å². The number of benzene rings is 1. The lowest BCUT2D eigenvalue weighted by Gasteiger charge is -2.21. The number of para-hydroxylation sites is 1. The number of pyridine rings is 1. The summed E-state index contributed by atoms with van der Waals surface area (Å²) in [5, 5.41) is 10.7. The number of carbonyl (C=O) groups is 1. The van der Waals surface area contributed by atoms with Crippen molar-refractivity contribution < 1.29 is 9.90 Å². The molecule has 3 aromatic rings. The van der Waals surface area contributed by atoms with Gasteiger partial charge in [0.25, 0.3) is 5.91 Å². The Balaban J connectivity index is 1.92. The maximum atomic E-state index is 12.8. The van der Waals surface area contributed by atoms with Crippen LogP contribution >= 0.6 is 11.6 Å². The van der Waals surface area contributed by atoms with Gasteiger partial charge in [-0.2, -0.15) is 0 Å². The Kier molecular flexibility index (Phi) is 4.78. The highest BCUT2D eigenvalue weighted by Gasteiger charge is 2.19. The molecule has 1 aromatic carbocycles. The summed E-state index contributed by atoms with van der Waals surface area (Å²) in [6.07, 6.45) is 3.37. The smallest absolute Gasteiger partial charge is 0.272 e. The minimum atomic E-state index is -0.257. The molecule has 0 aliphatic carbocycles. The topological polar surface area (TPSA) is 71.2 Å². The molecule has 1 N–H and O–H groups in total. The molecule has 0 fully saturated rings. The van der Waals surface area contributed by atoms with Crippen LogP contribution in [0.15, 0.2) is 42.9 Å². The van der Waals surface area contributed by atoms with Crippen molar-refractivity contribution in [1.29, 1.82) is 0 Å². The molecule has 0 aliphatic rings. The maximum absolute atomic E-state index is 12.8. The predicted octanol–water partition coefficient (Wildman–Crippen LogP) is 2.26. The summed E-state index contributed by atoms with van der Waals surface area (Å²) < 4.78 is 1.84. The highest BCUT2D eigenvalue weighted by atomic mass is 35.5. The van der Waals surface area contributed by atoms with Crippen molar-refractivity contribution in [2.75, 3.05) is 13.2 Å². The Morgan fingerprint density at radius 3 is 2.88 bits per heavy atom. The van der Waals surface area contributed by atoms with Gasteiger partial charge >= 0.3 is 0 Å². The quantitative estimate of drug-likeness (QED) is 0.770. The molecule has 0 aliphatic heterocycles. The Morgan fingerprint density at radius 1 is 1.33 bits per heavy atom. The summed E-state index contributed by atoms with van der Waals surface area (Å²) in [4.78, 5) is 22.8. The van der Waals surface area contributed by atoms with Gasteiger partial charge in [-0.25, -0.2) is 9.97 Å². The van der Waals surface area contributed by atoms with Crippen LogP contribution < -0.4 is 0 Å². The van der Waals surface area contributed by atoms with Gasteiger partial charge in [0.1, 0.15) is 5.69 Å². The third kappa shape index (κ3) is 3.25. The molecule has 0 saturated heterocycles. The van der Waals surface area contributed by atoms with Gasteiger partial charge in [-0.1, -0.05) is 29.8 Å². The third-order valence-corrected chi connectivity index (χ3v) is 4.12. The maximum Gasteiger partial charge on any atom is 0.272 e. The van der Waals surface area contributed by atoms with E-state index in [-0.39, 0.29) is 19.1 Å². The zero-order chi connectivity index (χ0) is 17.1. The van der Waals surface area contributed by atoms with Crippen molar-refractivity contribution in [3.8, 4) is 0 Å². The van der Waals surface area contributed by atoms with Crippen LogP contribution in [0, 0.1) is 0 Å². The molecule has 3 rings (SSSR count). The summed E-state index contributed by atoms with van der Waals surface area (Å²) in [5.74, 6) is -0.257. The summed E-state index contributed by atoms with van der Waals surface area (Å²) in [7, 11) is 1.86. The van der Waals surface area contributed by atoms with Crippen LogP contribution in [0.4, 0.5) is 0 Å². The Hall–Kier alpha value is -2.44. The van der Waals surface area contributed by atoms with Gasteiger partial charge in [-0.15, -0.1) is 0 Å². The zero-order valence-corrected chi connectivity index (χ0v) is 13.9. The molecule has 0 bridgehead atoms. The number of aryl methyl sites for hydroxylation is 1. The fourth-order valence-corrected chi connectivity index (χ4v) is 2.72. The van der Waals surface area contributed by atoms with Gasteiger partial charge in [-0.05, 0) is 12.1 Å². The van der Waals surface area contributed by atoms with Crippen molar-refractivity contribution in [3.63, 3.8) is 0 Å². The number of aliphatic hydroxyl groups excluding tert-OH is 1. The molecular weight excluding hydrogens is 328 g/mol. The predicted molar refractivity (Wildman–Crippen MR) is 91.8 cm³/mol. The monoisotopic (exact) mass is 344 g/mol. The Morgan fingerprint density at radius 2 is 2.17 bits per heavy atom. The van der Waals surface area contributed by atoms with Gasteiger partial charge < -0.3 is 14.6 Å². The minimum absolute atomic E-state index is 0.127. The van der Waals surface area contributed by atoms with Gasteiger partial charge in [0.05, 0.1) is 35.7 Å². The highest BCUT2D eigenvalue weighted by molar-refractivity contribution is 6.35. The van der Waals surface area contributed by atoms with E-state index in [1.54, 1.807) is 29.6 Å². The van der Waals surface area contributed by atoms with E-state index >= 15 is 0 Å². The van der Waals surface area contributed by atoms with Crippen LogP contribution in [-0.2, 0) is 13.6 Å². The molecule has 0 atom stereocenters. The van der Waals surface area contributed by atoms with E-state index in [9.17, 15) is 9.90 Å². The second kappa shape index (κ2) is 6.98. The number of rotatable bonds is 5. The van der Waals surface area contributed by atoms with Gasteiger partial charge in [0.15, 0.2) is 0 Å². The highest BCUT2D eigenvalue weighted by Crippen LogP contribution is 2.22. The lowest BCUT2D eigenvalue weighted by molar-refractivity contribution is 0.0698. The summed E-state index contributed by atoms with van der Waals surface area (Å²) in [6, 6.07) is 8.97. The number of amides is 1. The van der Waals surface area contributed by atoms with Gasteiger partial charge in [0, 0.05) is 25.2 Å². The molecular formula is C17H17ClN4O2. The molecule has 0 saturated carbocycles. The number of imidazole rings is 1. The van der Waals surface area contributed by atoms with Crippen molar-refractivity contribution in [1.82, 2.24) is 19.4 Å². The number of hydrogen-bond donors (Lipinski definition) is 1. The molecule has 2 aromatic heterocycles. The van der Waals surface area contributed by atoms with Crippen LogP contribution in [0.25, 0.3) is 10.9 Å². The molecule has 0 unspecified atom stereocenters. The van der Waals surface area contributed by atoms with E-state index in [0.717, 1.165) is 11.1 Å². The second-order valence-corrected chi connectivity index (χ2v) is 5.86. The van der Waals surface area contributed by atoms with Crippen LogP contribution in [0.5, 0.6) is 0 Å². The first kappa shape index (κ1) is 16.4. The van der Waals surface area contributed by atoms with Crippen molar-refractivity contribution >= 4 is 28.4 Å². The normalized spacial score (nSPS) is 11.0. The molecule has 7 heteroatoms. The van der Waals surface area contributed by atoms with Crippen LogP contribution in [0.1, 0.15) is 16.2 Å². The largest absolute Gasteiger partial charge is 0.395 e. The Bertz CT molecular complexity index is 878. The number of carbonyl (C=O) groups excluding carboxylic acids is 1. The van der Waals surface area contributed by atoms with E-state index in [0.29, 0.717) is 22.8 Å². The summed E-state index contributed by atoms with van der Waals surface area (Å²) in [5.41, 5.74) is 1.76. The van der Waals surface area contributed by atoms with Crippen LogP contribution in [-0.4, -0.2) is 43.6 Å². The minimum Gasteiger partial charge on any atom is -0.395 e. The average molecular weight is 345 g/mol. The van der Waals surface area contributed by atoms with E-state index in [1.165, 1.54) is 0 Å². The number of aromatic nitrogens is 3. The molecule has 6 nitrogen and oxygen atoms in total. The lowest BCUT2D eigenvalue weighted by atomic mass is 10.2. The molecule has 124 valence electrons. The van der Waals surface area contributed by atoms with E-state index in [4.69, 9.17) is 11.6 Å². The summed E-state index contributed by atoms with van der Waals surface area (Å²) >= 11 is 6.17. The van der Waals surface area contributed by atoms with Crippen molar-refractivity contribution in [2.24, 2.45) is 7.05 Å². The number of hydrogen-bond acceptors (Lipinski definition) is 4.